The van der Waals surface area contributed by atoms with Crippen molar-refractivity contribution in [2.75, 3.05) is 0 Å². The summed E-state index contributed by atoms with van der Waals surface area (Å²) in [5, 5.41) is 0. The second-order valence-corrected chi connectivity index (χ2v) is 6.73. The van der Waals surface area contributed by atoms with E-state index < -0.39 is 0 Å². The Morgan fingerprint density at radius 3 is 2.33 bits per heavy atom. The molecule has 0 N–H and O–H groups in total. The minimum absolute atomic E-state index is 0.368. The van der Waals surface area contributed by atoms with Crippen LogP contribution in [0.2, 0.25) is 0 Å². The quantitative estimate of drug-likeness (QED) is 0.815. The van der Waals surface area contributed by atoms with Crippen molar-refractivity contribution in [2.45, 2.75) is 38.5 Å². The largest absolute Gasteiger partial charge is 0.472 e. The van der Waals surface area contributed by atoms with Crippen molar-refractivity contribution in [3.63, 3.8) is 0 Å². The summed E-state index contributed by atoms with van der Waals surface area (Å²) in [6.45, 7) is 0. The standard InChI is InChI=1S/C16H20O2/c17-15(8-10-1-2-18-9-10)16-13-4-11-3-12(6-13)7-14(16)5-11/h1-2,9,11-14,16H,3-8H2. The van der Waals surface area contributed by atoms with Crippen LogP contribution in [0.3, 0.4) is 0 Å². The van der Waals surface area contributed by atoms with Gasteiger partial charge in [0.15, 0.2) is 0 Å². The molecule has 4 fully saturated rings. The molecular weight excluding hydrogens is 224 g/mol. The molecule has 0 aromatic carbocycles. The SMILES string of the molecule is O=C(Cc1ccoc1)C1C2CC3CC(C2)CC1C3. The third-order valence-electron chi connectivity index (χ3n) is 5.56. The highest BCUT2D eigenvalue weighted by Crippen LogP contribution is 2.56. The number of rotatable bonds is 3. The van der Waals surface area contributed by atoms with E-state index in [2.05, 4.69) is 0 Å². The van der Waals surface area contributed by atoms with Gasteiger partial charge in [0.05, 0.1) is 12.5 Å². The molecule has 4 aliphatic rings. The normalized spacial score (nSPS) is 41.2. The van der Waals surface area contributed by atoms with Crippen molar-refractivity contribution >= 4 is 5.78 Å². The maximum atomic E-state index is 12.6. The summed E-state index contributed by atoms with van der Waals surface area (Å²) in [5.74, 6) is 4.16. The molecule has 0 atom stereocenters. The highest BCUT2D eigenvalue weighted by molar-refractivity contribution is 5.84. The van der Waals surface area contributed by atoms with Crippen LogP contribution in [0.4, 0.5) is 0 Å². The molecule has 0 amide bonds. The molecule has 2 heteroatoms. The van der Waals surface area contributed by atoms with Crippen molar-refractivity contribution in [1.29, 1.82) is 0 Å². The summed E-state index contributed by atoms with van der Waals surface area (Å²) >= 11 is 0. The van der Waals surface area contributed by atoms with E-state index in [1.54, 1.807) is 12.5 Å². The maximum absolute atomic E-state index is 12.6. The molecule has 2 nitrogen and oxygen atoms in total. The van der Waals surface area contributed by atoms with E-state index in [1.807, 2.05) is 6.07 Å². The highest BCUT2D eigenvalue weighted by atomic mass is 16.3. The highest BCUT2D eigenvalue weighted by Gasteiger charge is 2.50. The fourth-order valence-corrected chi connectivity index (χ4v) is 5.16. The molecule has 4 saturated carbocycles. The number of hydrogen-bond donors (Lipinski definition) is 0. The minimum Gasteiger partial charge on any atom is -0.472 e. The molecule has 0 radical (unpaired) electrons. The second-order valence-electron chi connectivity index (χ2n) is 6.73. The fraction of sp³-hybridized carbons (Fsp3) is 0.688. The third kappa shape index (κ3) is 1.65. The Bertz CT molecular complexity index is 418. The van der Waals surface area contributed by atoms with E-state index in [4.69, 9.17) is 4.42 Å². The first-order chi connectivity index (χ1) is 8.79. The van der Waals surface area contributed by atoms with E-state index in [1.165, 1.54) is 32.1 Å². The van der Waals surface area contributed by atoms with Crippen LogP contribution in [0.1, 0.15) is 37.7 Å². The monoisotopic (exact) mass is 244 g/mol. The van der Waals surface area contributed by atoms with Gasteiger partial charge < -0.3 is 4.42 Å². The van der Waals surface area contributed by atoms with Crippen LogP contribution in [0.15, 0.2) is 23.0 Å². The molecule has 18 heavy (non-hydrogen) atoms. The molecule has 4 aliphatic carbocycles. The van der Waals surface area contributed by atoms with Gasteiger partial charge in [-0.15, -0.1) is 0 Å². The Hall–Kier alpha value is -1.05. The molecule has 1 heterocycles. The van der Waals surface area contributed by atoms with Gasteiger partial charge in [-0.2, -0.15) is 0 Å². The molecule has 0 aliphatic heterocycles. The number of carbonyl (C=O) groups excluding carboxylic acids is 1. The van der Waals surface area contributed by atoms with Crippen LogP contribution in [0, 0.1) is 29.6 Å². The first-order valence-corrected chi connectivity index (χ1v) is 7.33. The molecule has 0 saturated heterocycles. The fourth-order valence-electron chi connectivity index (χ4n) is 5.16. The number of furan rings is 1. The zero-order valence-corrected chi connectivity index (χ0v) is 10.7. The lowest BCUT2D eigenvalue weighted by molar-refractivity contribution is -0.135. The van der Waals surface area contributed by atoms with Gasteiger partial charge in [0.2, 0.25) is 0 Å². The summed E-state index contributed by atoms with van der Waals surface area (Å²) in [4.78, 5) is 12.6. The first kappa shape index (κ1) is 10.8. The Kier molecular flexibility index (Phi) is 2.39. The number of hydrogen-bond acceptors (Lipinski definition) is 2. The summed E-state index contributed by atoms with van der Waals surface area (Å²) in [6, 6.07) is 1.92. The zero-order chi connectivity index (χ0) is 12.1. The summed E-state index contributed by atoms with van der Waals surface area (Å²) in [6.07, 6.45) is 10.7. The number of ketones is 1. The molecule has 5 rings (SSSR count). The van der Waals surface area contributed by atoms with Crippen molar-refractivity contribution < 1.29 is 9.21 Å². The maximum Gasteiger partial charge on any atom is 0.141 e. The van der Waals surface area contributed by atoms with Crippen molar-refractivity contribution in [3.8, 4) is 0 Å². The molecule has 96 valence electrons. The predicted molar refractivity (Wildman–Crippen MR) is 68.0 cm³/mol. The second kappa shape index (κ2) is 3.97. The van der Waals surface area contributed by atoms with Gasteiger partial charge in [-0.1, -0.05) is 0 Å². The lowest BCUT2D eigenvalue weighted by Crippen LogP contribution is -2.48. The minimum atomic E-state index is 0.368. The van der Waals surface area contributed by atoms with Crippen molar-refractivity contribution in [2.24, 2.45) is 29.6 Å². The van der Waals surface area contributed by atoms with Gasteiger partial charge in [-0.05, 0) is 67.4 Å². The van der Waals surface area contributed by atoms with Crippen LogP contribution in [-0.2, 0) is 11.2 Å². The Balaban J connectivity index is 1.52. The lowest BCUT2D eigenvalue weighted by Gasteiger charge is -2.53. The predicted octanol–water partition coefficient (Wildman–Crippen LogP) is 3.46. The summed E-state index contributed by atoms with van der Waals surface area (Å²) in [5.41, 5.74) is 1.05. The molecule has 0 spiro atoms. The van der Waals surface area contributed by atoms with Gasteiger partial charge in [-0.3, -0.25) is 4.79 Å². The van der Waals surface area contributed by atoms with Gasteiger partial charge >= 0.3 is 0 Å². The molecular formula is C16H20O2. The smallest absolute Gasteiger partial charge is 0.141 e. The molecule has 0 unspecified atom stereocenters. The Morgan fingerprint density at radius 2 is 1.78 bits per heavy atom. The van der Waals surface area contributed by atoms with Crippen molar-refractivity contribution in [3.05, 3.63) is 24.2 Å². The van der Waals surface area contributed by atoms with Gasteiger partial charge in [0.1, 0.15) is 5.78 Å². The van der Waals surface area contributed by atoms with Crippen LogP contribution >= 0.6 is 0 Å². The number of carbonyl (C=O) groups is 1. The zero-order valence-electron chi connectivity index (χ0n) is 10.7. The average molecular weight is 244 g/mol. The lowest BCUT2D eigenvalue weighted by atomic mass is 9.51. The Labute approximate surface area is 108 Å². The molecule has 1 aromatic heterocycles. The first-order valence-electron chi connectivity index (χ1n) is 7.33. The van der Waals surface area contributed by atoms with E-state index in [0.29, 0.717) is 30.0 Å². The van der Waals surface area contributed by atoms with Crippen LogP contribution in [0.5, 0.6) is 0 Å². The number of Topliss-reactive ketones (excluding diaryl/α,β-unsaturated/α-hetero) is 1. The molecule has 4 bridgehead atoms. The van der Waals surface area contributed by atoms with Crippen LogP contribution in [0.25, 0.3) is 0 Å². The summed E-state index contributed by atoms with van der Waals surface area (Å²) in [7, 11) is 0. The van der Waals surface area contributed by atoms with E-state index in [9.17, 15) is 4.79 Å². The van der Waals surface area contributed by atoms with E-state index in [0.717, 1.165) is 17.4 Å². The molecule has 1 aromatic rings. The average Bonchev–Trinajstić information content (AvgIpc) is 2.80. The summed E-state index contributed by atoms with van der Waals surface area (Å²) < 4.78 is 5.07. The topological polar surface area (TPSA) is 30.2 Å². The third-order valence-corrected chi connectivity index (χ3v) is 5.56. The van der Waals surface area contributed by atoms with E-state index in [-0.39, 0.29) is 0 Å². The van der Waals surface area contributed by atoms with Gasteiger partial charge in [0, 0.05) is 12.3 Å². The Morgan fingerprint density at radius 1 is 1.11 bits per heavy atom. The van der Waals surface area contributed by atoms with Crippen LogP contribution in [-0.4, -0.2) is 5.78 Å². The van der Waals surface area contributed by atoms with Crippen molar-refractivity contribution in [1.82, 2.24) is 0 Å². The van der Waals surface area contributed by atoms with Gasteiger partial charge in [-0.25, -0.2) is 0 Å². The van der Waals surface area contributed by atoms with Crippen LogP contribution < -0.4 is 0 Å². The van der Waals surface area contributed by atoms with E-state index >= 15 is 0 Å². The van der Waals surface area contributed by atoms with Gasteiger partial charge in [0.25, 0.3) is 0 Å².